The first kappa shape index (κ1) is 13.1. The molecule has 2 aromatic carbocycles. The van der Waals surface area contributed by atoms with Crippen LogP contribution in [-0.2, 0) is 0 Å². The first-order valence-electron chi connectivity index (χ1n) is 6.71. The Morgan fingerprint density at radius 2 is 1.86 bits per heavy atom. The van der Waals surface area contributed by atoms with E-state index < -0.39 is 0 Å². The highest BCUT2D eigenvalue weighted by Crippen LogP contribution is 2.17. The molecular weight excluding hydrogens is 262 g/mol. The Kier molecular flexibility index (Phi) is 3.51. The van der Waals surface area contributed by atoms with Crippen LogP contribution in [0.4, 0.5) is 0 Å². The van der Waals surface area contributed by atoms with Crippen LogP contribution in [0.5, 0.6) is 0 Å². The minimum Gasteiger partial charge on any atom is -0.355 e. The summed E-state index contributed by atoms with van der Waals surface area (Å²) in [4.78, 5) is 11.5. The summed E-state index contributed by atoms with van der Waals surface area (Å²) in [7, 11) is 1.62. The molecule has 4 heteroatoms. The van der Waals surface area contributed by atoms with Gasteiger partial charge in [0.1, 0.15) is 0 Å². The van der Waals surface area contributed by atoms with Crippen molar-refractivity contribution in [3.05, 3.63) is 65.4 Å². The van der Waals surface area contributed by atoms with Gasteiger partial charge in [-0.05, 0) is 29.8 Å². The number of para-hydroxylation sites is 1. The Labute approximate surface area is 122 Å². The van der Waals surface area contributed by atoms with Crippen LogP contribution in [0.2, 0.25) is 0 Å². The van der Waals surface area contributed by atoms with Crippen LogP contribution >= 0.6 is 0 Å². The van der Waals surface area contributed by atoms with Gasteiger partial charge in [0.05, 0.1) is 11.2 Å². The quantitative estimate of drug-likeness (QED) is 0.773. The largest absolute Gasteiger partial charge is 0.355 e. The number of amides is 1. The first-order valence-corrected chi connectivity index (χ1v) is 6.71. The molecule has 0 atom stereocenters. The van der Waals surface area contributed by atoms with E-state index in [9.17, 15) is 4.79 Å². The number of H-pyrrole nitrogens is 1. The molecule has 4 nitrogen and oxygen atoms in total. The van der Waals surface area contributed by atoms with Gasteiger partial charge in [-0.1, -0.05) is 36.4 Å². The van der Waals surface area contributed by atoms with Crippen LogP contribution in [0, 0.1) is 0 Å². The van der Waals surface area contributed by atoms with Crippen molar-refractivity contribution < 1.29 is 4.79 Å². The van der Waals surface area contributed by atoms with E-state index in [1.54, 1.807) is 19.2 Å². The predicted molar refractivity (Wildman–Crippen MR) is 84.9 cm³/mol. The van der Waals surface area contributed by atoms with E-state index in [0.29, 0.717) is 5.56 Å². The van der Waals surface area contributed by atoms with Gasteiger partial charge < -0.3 is 5.32 Å². The molecular formula is C17H15N3O. The molecule has 1 aromatic heterocycles. The summed E-state index contributed by atoms with van der Waals surface area (Å²) in [6, 6.07) is 15.4. The Bertz CT molecular complexity index is 800. The van der Waals surface area contributed by atoms with Crippen LogP contribution in [0.3, 0.4) is 0 Å². The molecule has 0 bridgehead atoms. The summed E-state index contributed by atoms with van der Waals surface area (Å²) < 4.78 is 0. The average molecular weight is 277 g/mol. The minimum absolute atomic E-state index is 0.0798. The zero-order chi connectivity index (χ0) is 14.7. The monoisotopic (exact) mass is 277 g/mol. The van der Waals surface area contributed by atoms with Gasteiger partial charge in [-0.3, -0.25) is 9.89 Å². The first-order chi connectivity index (χ1) is 10.3. The fourth-order valence-electron chi connectivity index (χ4n) is 2.18. The average Bonchev–Trinajstić information content (AvgIpc) is 2.96. The number of carbonyl (C=O) groups is 1. The summed E-state index contributed by atoms with van der Waals surface area (Å²) in [5.74, 6) is -0.0798. The maximum atomic E-state index is 11.5. The van der Waals surface area contributed by atoms with Gasteiger partial charge in [-0.25, -0.2) is 0 Å². The van der Waals surface area contributed by atoms with E-state index in [1.807, 2.05) is 48.6 Å². The lowest BCUT2D eigenvalue weighted by molar-refractivity contribution is 0.0963. The maximum Gasteiger partial charge on any atom is 0.251 e. The lowest BCUT2D eigenvalue weighted by Crippen LogP contribution is -2.17. The van der Waals surface area contributed by atoms with Gasteiger partial charge in [-0.15, -0.1) is 0 Å². The van der Waals surface area contributed by atoms with Crippen molar-refractivity contribution >= 4 is 29.0 Å². The van der Waals surface area contributed by atoms with Crippen LogP contribution in [-0.4, -0.2) is 23.2 Å². The van der Waals surface area contributed by atoms with Crippen LogP contribution in [0.1, 0.15) is 21.6 Å². The summed E-state index contributed by atoms with van der Waals surface area (Å²) in [6.45, 7) is 0. The lowest BCUT2D eigenvalue weighted by Gasteiger charge is -1.99. The molecule has 0 fully saturated rings. The molecule has 0 radical (unpaired) electrons. The molecule has 1 amide bonds. The zero-order valence-corrected chi connectivity index (χ0v) is 11.6. The Morgan fingerprint density at radius 1 is 1.10 bits per heavy atom. The Balaban J connectivity index is 1.84. The molecule has 0 saturated carbocycles. The Hall–Kier alpha value is -2.88. The van der Waals surface area contributed by atoms with Crippen molar-refractivity contribution in [2.75, 3.05) is 7.05 Å². The number of fused-ring (bicyclic) bond motifs is 1. The standard InChI is InChI=1S/C17H15N3O/c1-18-17(21)13-9-6-12(7-10-13)8-11-16-14-4-2-3-5-15(14)19-20-16/h2-11H,1H3,(H,18,21)(H,19,20)/b11-8+. The number of nitrogens with zero attached hydrogens (tertiary/aromatic N) is 1. The number of hydrogen-bond acceptors (Lipinski definition) is 2. The molecule has 0 aliphatic rings. The van der Waals surface area contributed by atoms with Crippen molar-refractivity contribution in [3.8, 4) is 0 Å². The van der Waals surface area contributed by atoms with E-state index in [2.05, 4.69) is 15.5 Å². The number of hydrogen-bond donors (Lipinski definition) is 2. The lowest BCUT2D eigenvalue weighted by atomic mass is 10.1. The normalized spacial score (nSPS) is 11.1. The third-order valence-electron chi connectivity index (χ3n) is 3.33. The van der Waals surface area contributed by atoms with E-state index in [0.717, 1.165) is 22.2 Å². The molecule has 0 aliphatic carbocycles. The van der Waals surface area contributed by atoms with Gasteiger partial charge in [0, 0.05) is 18.0 Å². The molecule has 0 spiro atoms. The SMILES string of the molecule is CNC(=O)c1ccc(/C=C/c2n[nH]c3ccccc23)cc1. The fraction of sp³-hybridized carbons (Fsp3) is 0.0588. The molecule has 0 aliphatic heterocycles. The van der Waals surface area contributed by atoms with E-state index >= 15 is 0 Å². The Morgan fingerprint density at radius 3 is 2.62 bits per heavy atom. The van der Waals surface area contributed by atoms with Crippen molar-refractivity contribution in [2.24, 2.45) is 0 Å². The molecule has 3 rings (SSSR count). The number of benzene rings is 2. The van der Waals surface area contributed by atoms with Gasteiger partial charge >= 0.3 is 0 Å². The van der Waals surface area contributed by atoms with Crippen molar-refractivity contribution in [2.45, 2.75) is 0 Å². The smallest absolute Gasteiger partial charge is 0.251 e. The van der Waals surface area contributed by atoms with Crippen LogP contribution < -0.4 is 5.32 Å². The number of nitrogens with one attached hydrogen (secondary N) is 2. The number of aromatic amines is 1. The van der Waals surface area contributed by atoms with Gasteiger partial charge in [-0.2, -0.15) is 5.10 Å². The number of carbonyl (C=O) groups excluding carboxylic acids is 1. The molecule has 21 heavy (non-hydrogen) atoms. The number of rotatable bonds is 3. The summed E-state index contributed by atoms with van der Waals surface area (Å²) in [6.07, 6.45) is 3.95. The molecule has 0 saturated heterocycles. The fourth-order valence-corrected chi connectivity index (χ4v) is 2.18. The highest BCUT2D eigenvalue weighted by Gasteiger charge is 2.02. The van der Waals surface area contributed by atoms with Crippen molar-refractivity contribution in [3.63, 3.8) is 0 Å². The van der Waals surface area contributed by atoms with Crippen LogP contribution in [0.25, 0.3) is 23.1 Å². The molecule has 0 unspecified atom stereocenters. The van der Waals surface area contributed by atoms with Crippen LogP contribution in [0.15, 0.2) is 48.5 Å². The van der Waals surface area contributed by atoms with E-state index in [4.69, 9.17) is 0 Å². The third kappa shape index (κ3) is 2.69. The van der Waals surface area contributed by atoms with Crippen molar-refractivity contribution in [1.29, 1.82) is 0 Å². The minimum atomic E-state index is -0.0798. The highest BCUT2D eigenvalue weighted by molar-refractivity contribution is 5.94. The molecule has 1 heterocycles. The summed E-state index contributed by atoms with van der Waals surface area (Å²) >= 11 is 0. The summed E-state index contributed by atoms with van der Waals surface area (Å²) in [5.41, 5.74) is 3.60. The predicted octanol–water partition coefficient (Wildman–Crippen LogP) is 3.09. The van der Waals surface area contributed by atoms with Gasteiger partial charge in [0.25, 0.3) is 5.91 Å². The van der Waals surface area contributed by atoms with Crippen molar-refractivity contribution in [1.82, 2.24) is 15.5 Å². The molecule has 3 aromatic rings. The third-order valence-corrected chi connectivity index (χ3v) is 3.33. The van der Waals surface area contributed by atoms with E-state index in [-0.39, 0.29) is 5.91 Å². The topological polar surface area (TPSA) is 57.8 Å². The zero-order valence-electron chi connectivity index (χ0n) is 11.6. The second-order valence-electron chi connectivity index (χ2n) is 4.69. The van der Waals surface area contributed by atoms with E-state index in [1.165, 1.54) is 0 Å². The van der Waals surface area contributed by atoms with Gasteiger partial charge in [0.2, 0.25) is 0 Å². The number of aromatic nitrogens is 2. The molecule has 104 valence electrons. The molecule has 2 N–H and O–H groups in total. The second kappa shape index (κ2) is 5.63. The van der Waals surface area contributed by atoms with Gasteiger partial charge in [0.15, 0.2) is 0 Å². The summed E-state index contributed by atoms with van der Waals surface area (Å²) in [5, 5.41) is 11.0. The second-order valence-corrected chi connectivity index (χ2v) is 4.69. The maximum absolute atomic E-state index is 11.5. The highest BCUT2D eigenvalue weighted by atomic mass is 16.1.